The van der Waals surface area contributed by atoms with Crippen LogP contribution in [0.2, 0.25) is 0 Å². The molecule has 0 amide bonds. The molecule has 3 heteroatoms. The van der Waals surface area contributed by atoms with Crippen molar-refractivity contribution in [3.8, 4) is 0 Å². The first-order valence-corrected chi connectivity index (χ1v) is 6.77. The third kappa shape index (κ3) is 6.67. The van der Waals surface area contributed by atoms with Crippen molar-refractivity contribution < 1.29 is 9.53 Å². The van der Waals surface area contributed by atoms with Gasteiger partial charge in [0.1, 0.15) is 5.60 Å². The van der Waals surface area contributed by atoms with Crippen LogP contribution < -0.4 is 0 Å². The van der Waals surface area contributed by atoms with Crippen molar-refractivity contribution >= 4 is 5.97 Å². The Hall–Kier alpha value is -0.570. The third-order valence-electron chi connectivity index (χ3n) is 3.16. The van der Waals surface area contributed by atoms with Crippen LogP contribution in [0.5, 0.6) is 0 Å². The number of esters is 1. The van der Waals surface area contributed by atoms with E-state index in [1.807, 2.05) is 20.8 Å². The molecule has 0 N–H and O–H groups in total. The van der Waals surface area contributed by atoms with E-state index in [4.69, 9.17) is 4.74 Å². The van der Waals surface area contributed by atoms with Crippen LogP contribution >= 0.6 is 0 Å². The molecule has 1 fully saturated rings. The van der Waals surface area contributed by atoms with Crippen LogP contribution in [0.3, 0.4) is 0 Å². The Morgan fingerprint density at radius 2 is 1.88 bits per heavy atom. The lowest BCUT2D eigenvalue weighted by Crippen LogP contribution is -2.30. The van der Waals surface area contributed by atoms with Crippen molar-refractivity contribution in [2.75, 3.05) is 20.1 Å². The molecule has 0 aromatic carbocycles. The zero-order valence-corrected chi connectivity index (χ0v) is 11.8. The Kier molecular flexibility index (Phi) is 5.44. The molecule has 3 nitrogen and oxygen atoms in total. The molecule has 1 rings (SSSR count). The second-order valence-corrected chi connectivity index (χ2v) is 6.25. The van der Waals surface area contributed by atoms with E-state index >= 15 is 0 Å². The molecule has 100 valence electrons. The van der Waals surface area contributed by atoms with Crippen LogP contribution in [0.4, 0.5) is 0 Å². The summed E-state index contributed by atoms with van der Waals surface area (Å²) in [7, 11) is 2.10. The van der Waals surface area contributed by atoms with Crippen LogP contribution in [0.25, 0.3) is 0 Å². The Morgan fingerprint density at radius 1 is 1.29 bits per heavy atom. The first kappa shape index (κ1) is 14.5. The quantitative estimate of drug-likeness (QED) is 0.693. The van der Waals surface area contributed by atoms with Crippen molar-refractivity contribution in [3.05, 3.63) is 0 Å². The average molecular weight is 241 g/mol. The first-order valence-electron chi connectivity index (χ1n) is 6.77. The number of nitrogens with zero attached hydrogens (tertiary/aromatic N) is 1. The molecule has 1 aliphatic carbocycles. The summed E-state index contributed by atoms with van der Waals surface area (Å²) < 4.78 is 5.29. The van der Waals surface area contributed by atoms with Gasteiger partial charge in [-0.25, -0.2) is 0 Å². The molecule has 17 heavy (non-hydrogen) atoms. The molecule has 0 aromatic rings. The highest BCUT2D eigenvalue weighted by Gasteiger charge is 2.19. The summed E-state index contributed by atoms with van der Waals surface area (Å²) in [6.07, 6.45) is 5.98. The van der Waals surface area contributed by atoms with E-state index in [1.54, 1.807) is 0 Å². The van der Waals surface area contributed by atoms with E-state index in [9.17, 15) is 4.79 Å². The summed E-state index contributed by atoms with van der Waals surface area (Å²) in [5, 5.41) is 0. The van der Waals surface area contributed by atoms with E-state index in [0.29, 0.717) is 6.42 Å². The number of hydrogen-bond acceptors (Lipinski definition) is 3. The molecule has 0 spiro atoms. The number of ether oxygens (including phenoxy) is 1. The van der Waals surface area contributed by atoms with E-state index < -0.39 is 0 Å². The summed E-state index contributed by atoms with van der Waals surface area (Å²) >= 11 is 0. The molecule has 1 aliphatic rings. The predicted molar refractivity (Wildman–Crippen MR) is 69.9 cm³/mol. The molecule has 0 aliphatic heterocycles. The number of carbonyl (C=O) groups is 1. The Bertz CT molecular complexity index is 239. The predicted octanol–water partition coefficient (Wildman–Crippen LogP) is 2.84. The van der Waals surface area contributed by atoms with Gasteiger partial charge in [-0.15, -0.1) is 0 Å². The van der Waals surface area contributed by atoms with Crippen LogP contribution in [-0.4, -0.2) is 36.6 Å². The highest BCUT2D eigenvalue weighted by atomic mass is 16.6. The molecule has 0 radical (unpaired) electrons. The fourth-order valence-corrected chi connectivity index (χ4v) is 2.40. The second-order valence-electron chi connectivity index (χ2n) is 6.25. The standard InChI is InChI=1S/C14H27NO2/c1-14(2,3)17-13(16)9-10-15(4)11-12-7-5-6-8-12/h12H,5-11H2,1-4H3. The van der Waals surface area contributed by atoms with Gasteiger partial charge in [-0.05, 0) is 46.6 Å². The van der Waals surface area contributed by atoms with E-state index in [1.165, 1.54) is 25.7 Å². The minimum absolute atomic E-state index is 0.0872. The summed E-state index contributed by atoms with van der Waals surface area (Å²) in [5.41, 5.74) is -0.360. The maximum atomic E-state index is 11.6. The monoisotopic (exact) mass is 241 g/mol. The normalized spacial score (nSPS) is 17.7. The number of carbonyl (C=O) groups excluding carboxylic acids is 1. The SMILES string of the molecule is CN(CCC(=O)OC(C)(C)C)CC1CCCC1. The zero-order chi connectivity index (χ0) is 12.9. The molecule has 1 saturated carbocycles. The van der Waals surface area contributed by atoms with Gasteiger partial charge in [-0.2, -0.15) is 0 Å². The van der Waals surface area contributed by atoms with Crippen LogP contribution in [-0.2, 0) is 9.53 Å². The maximum Gasteiger partial charge on any atom is 0.307 e. The van der Waals surface area contributed by atoms with E-state index in [0.717, 1.165) is 19.0 Å². The highest BCUT2D eigenvalue weighted by molar-refractivity contribution is 5.70. The van der Waals surface area contributed by atoms with Gasteiger partial charge in [-0.1, -0.05) is 12.8 Å². The minimum Gasteiger partial charge on any atom is -0.460 e. The van der Waals surface area contributed by atoms with Gasteiger partial charge in [0, 0.05) is 13.1 Å². The fraction of sp³-hybridized carbons (Fsp3) is 0.929. The van der Waals surface area contributed by atoms with Gasteiger partial charge in [0.25, 0.3) is 0 Å². The zero-order valence-electron chi connectivity index (χ0n) is 11.8. The van der Waals surface area contributed by atoms with Gasteiger partial charge in [0.15, 0.2) is 0 Å². The summed E-state index contributed by atoms with van der Waals surface area (Å²) in [6.45, 7) is 7.67. The second kappa shape index (κ2) is 6.39. The van der Waals surface area contributed by atoms with Gasteiger partial charge >= 0.3 is 5.97 Å². The fourth-order valence-electron chi connectivity index (χ4n) is 2.40. The van der Waals surface area contributed by atoms with E-state index in [-0.39, 0.29) is 11.6 Å². The van der Waals surface area contributed by atoms with Gasteiger partial charge in [0.2, 0.25) is 0 Å². The van der Waals surface area contributed by atoms with Crippen molar-refractivity contribution in [1.82, 2.24) is 4.90 Å². The Balaban J connectivity index is 2.14. The minimum atomic E-state index is -0.360. The van der Waals surface area contributed by atoms with Crippen molar-refractivity contribution in [3.63, 3.8) is 0 Å². The molecule has 0 bridgehead atoms. The largest absolute Gasteiger partial charge is 0.460 e. The van der Waals surface area contributed by atoms with Crippen LogP contribution in [0, 0.1) is 5.92 Å². The van der Waals surface area contributed by atoms with Crippen molar-refractivity contribution in [2.45, 2.75) is 58.5 Å². The summed E-state index contributed by atoms with van der Waals surface area (Å²) in [4.78, 5) is 13.8. The Morgan fingerprint density at radius 3 is 2.41 bits per heavy atom. The lowest BCUT2D eigenvalue weighted by molar-refractivity contribution is -0.155. The van der Waals surface area contributed by atoms with Gasteiger partial charge < -0.3 is 9.64 Å². The van der Waals surface area contributed by atoms with Crippen molar-refractivity contribution in [2.24, 2.45) is 5.92 Å². The molecule has 0 unspecified atom stereocenters. The smallest absolute Gasteiger partial charge is 0.307 e. The van der Waals surface area contributed by atoms with Crippen molar-refractivity contribution in [1.29, 1.82) is 0 Å². The highest BCUT2D eigenvalue weighted by Crippen LogP contribution is 2.25. The maximum absolute atomic E-state index is 11.6. The average Bonchev–Trinajstić information content (AvgIpc) is 2.64. The Labute approximate surface area is 106 Å². The molecule has 0 heterocycles. The number of hydrogen-bond donors (Lipinski definition) is 0. The van der Waals surface area contributed by atoms with Crippen LogP contribution in [0.1, 0.15) is 52.9 Å². The first-order chi connectivity index (χ1) is 7.87. The third-order valence-corrected chi connectivity index (χ3v) is 3.16. The van der Waals surface area contributed by atoms with E-state index in [2.05, 4.69) is 11.9 Å². The molecular weight excluding hydrogens is 214 g/mol. The van der Waals surface area contributed by atoms with Gasteiger partial charge in [0.05, 0.1) is 6.42 Å². The topological polar surface area (TPSA) is 29.5 Å². The molecular formula is C14H27NO2. The number of rotatable bonds is 5. The molecule has 0 saturated heterocycles. The van der Waals surface area contributed by atoms with Gasteiger partial charge in [-0.3, -0.25) is 4.79 Å². The lowest BCUT2D eigenvalue weighted by Gasteiger charge is -2.22. The van der Waals surface area contributed by atoms with Crippen LogP contribution in [0.15, 0.2) is 0 Å². The lowest BCUT2D eigenvalue weighted by atomic mass is 10.1. The molecule has 0 atom stereocenters. The summed E-state index contributed by atoms with van der Waals surface area (Å²) in [6, 6.07) is 0. The summed E-state index contributed by atoms with van der Waals surface area (Å²) in [5.74, 6) is 0.759. The molecule has 0 aromatic heterocycles.